The number of amides is 1. The number of nitrogens with one attached hydrogen (secondary N) is 1. The molecule has 2 N–H and O–H groups in total. The Labute approximate surface area is 243 Å². The number of phenols is 1. The molecule has 3 aromatic carbocycles. The summed E-state index contributed by atoms with van der Waals surface area (Å²) in [7, 11) is -0.652. The molecular formula is C34H40BNO5. The van der Waals surface area contributed by atoms with Crippen molar-refractivity contribution in [1.29, 1.82) is 0 Å². The summed E-state index contributed by atoms with van der Waals surface area (Å²) >= 11 is 0. The molecule has 1 amide bonds. The van der Waals surface area contributed by atoms with Crippen molar-refractivity contribution < 1.29 is 23.9 Å². The van der Waals surface area contributed by atoms with Crippen LogP contribution in [0.25, 0.3) is 17.2 Å². The number of aromatic hydroxyl groups is 1. The molecular weight excluding hydrogens is 513 g/mol. The number of alkyl carbamates (subject to hydrolysis) is 1. The van der Waals surface area contributed by atoms with E-state index in [2.05, 4.69) is 50.4 Å². The van der Waals surface area contributed by atoms with Crippen molar-refractivity contribution in [2.45, 2.75) is 71.0 Å². The molecule has 7 heteroatoms. The second-order valence-corrected chi connectivity index (χ2v) is 13.0. The second kappa shape index (κ2) is 10.7. The molecule has 1 saturated heterocycles. The Hall–Kier alpha value is -3.55. The van der Waals surface area contributed by atoms with Gasteiger partial charge in [-0.1, -0.05) is 81.4 Å². The maximum atomic E-state index is 13.0. The molecule has 214 valence electrons. The molecule has 1 aliphatic carbocycles. The molecule has 1 fully saturated rings. The molecule has 0 aromatic heterocycles. The topological polar surface area (TPSA) is 77.0 Å². The molecule has 0 bridgehead atoms. The van der Waals surface area contributed by atoms with E-state index in [0.29, 0.717) is 0 Å². The smallest absolute Gasteiger partial charge is 0.492 e. The highest BCUT2D eigenvalue weighted by Gasteiger charge is 2.52. The predicted molar refractivity (Wildman–Crippen MR) is 164 cm³/mol. The maximum Gasteiger partial charge on any atom is 0.492 e. The Balaban J connectivity index is 1.34. The van der Waals surface area contributed by atoms with Gasteiger partial charge in [0.2, 0.25) is 0 Å². The zero-order chi connectivity index (χ0) is 29.6. The standard InChI is InChI=1S/C34H40BNO5/c1-32(2,3)29-19-22(16-17-30(29)37)18-23(35-40-33(4,5)34(6,7)41-35)20-36-31(38)39-21-28-26-14-10-8-12-24(26)25-13-9-11-15-27(25)28/h8-19,28,37H,20-21H2,1-7H3,(H,36,38). The van der Waals surface area contributed by atoms with Crippen molar-refractivity contribution >= 4 is 19.3 Å². The van der Waals surface area contributed by atoms with Gasteiger partial charge in [-0.15, -0.1) is 0 Å². The molecule has 0 unspecified atom stereocenters. The minimum absolute atomic E-state index is 0.0147. The average molecular weight is 554 g/mol. The van der Waals surface area contributed by atoms with Crippen LogP contribution in [0, 0.1) is 0 Å². The summed E-state index contributed by atoms with van der Waals surface area (Å²) < 4.78 is 18.5. The fraction of sp³-hybridized carbons (Fsp3) is 0.382. The number of rotatable bonds is 6. The first-order chi connectivity index (χ1) is 19.3. The van der Waals surface area contributed by atoms with Crippen molar-refractivity contribution in [2.75, 3.05) is 13.2 Å². The van der Waals surface area contributed by atoms with Crippen molar-refractivity contribution in [3.05, 3.63) is 94.5 Å². The number of hydrogen-bond acceptors (Lipinski definition) is 5. The lowest BCUT2D eigenvalue weighted by Gasteiger charge is -2.32. The van der Waals surface area contributed by atoms with Crippen molar-refractivity contribution in [1.82, 2.24) is 5.32 Å². The number of carbonyl (C=O) groups excluding carboxylic acids is 1. The predicted octanol–water partition coefficient (Wildman–Crippen LogP) is 7.24. The van der Waals surface area contributed by atoms with Gasteiger partial charge in [-0.05, 0) is 84.1 Å². The second-order valence-electron chi connectivity index (χ2n) is 13.0. The number of hydrogen-bond donors (Lipinski definition) is 2. The molecule has 3 aromatic rings. The van der Waals surface area contributed by atoms with Gasteiger partial charge in [-0.2, -0.15) is 0 Å². The fourth-order valence-corrected chi connectivity index (χ4v) is 5.48. The van der Waals surface area contributed by atoms with Gasteiger partial charge in [0.15, 0.2) is 0 Å². The molecule has 0 spiro atoms. The van der Waals surface area contributed by atoms with Crippen LogP contribution in [-0.4, -0.2) is 42.7 Å². The van der Waals surface area contributed by atoms with Crippen LogP contribution in [0.4, 0.5) is 4.79 Å². The van der Waals surface area contributed by atoms with E-state index in [0.717, 1.165) is 16.6 Å². The molecule has 0 radical (unpaired) electrons. The number of carbonyl (C=O) groups is 1. The SMILES string of the molecule is CC(C)(C)c1cc(C=C(CNC(=O)OCC2c3ccccc3-c3ccccc32)B2OC(C)(C)C(C)(C)O2)ccc1O. The van der Waals surface area contributed by atoms with Gasteiger partial charge in [-0.25, -0.2) is 4.79 Å². The van der Waals surface area contributed by atoms with Gasteiger partial charge in [0.05, 0.1) is 11.2 Å². The normalized spacial score (nSPS) is 17.7. The minimum atomic E-state index is -0.652. The Bertz CT molecular complexity index is 1420. The highest BCUT2D eigenvalue weighted by atomic mass is 16.7. The molecule has 6 nitrogen and oxygen atoms in total. The van der Waals surface area contributed by atoms with E-state index in [4.69, 9.17) is 14.0 Å². The van der Waals surface area contributed by atoms with Crippen LogP contribution < -0.4 is 5.32 Å². The van der Waals surface area contributed by atoms with Crippen molar-refractivity contribution in [3.8, 4) is 16.9 Å². The van der Waals surface area contributed by atoms with Crippen LogP contribution in [0.5, 0.6) is 5.75 Å². The maximum absolute atomic E-state index is 13.0. The third-order valence-electron chi connectivity index (χ3n) is 8.52. The van der Waals surface area contributed by atoms with Crippen molar-refractivity contribution in [2.24, 2.45) is 0 Å². The number of benzene rings is 3. The Morgan fingerprint density at radius 3 is 2.07 bits per heavy atom. The highest BCUT2D eigenvalue weighted by molar-refractivity contribution is 6.56. The largest absolute Gasteiger partial charge is 0.508 e. The molecule has 1 aliphatic heterocycles. The summed E-state index contributed by atoms with van der Waals surface area (Å²) in [5, 5.41) is 13.4. The summed E-state index contributed by atoms with van der Waals surface area (Å²) in [6, 6.07) is 22.1. The van der Waals surface area contributed by atoms with E-state index in [1.807, 2.05) is 70.2 Å². The first kappa shape index (κ1) is 29.0. The third-order valence-corrected chi connectivity index (χ3v) is 8.52. The van der Waals surface area contributed by atoms with E-state index in [-0.39, 0.29) is 30.2 Å². The summed E-state index contributed by atoms with van der Waals surface area (Å²) in [6.45, 7) is 14.6. The summed E-state index contributed by atoms with van der Waals surface area (Å²) in [4.78, 5) is 13.0. The van der Waals surface area contributed by atoms with E-state index >= 15 is 0 Å². The van der Waals surface area contributed by atoms with Gasteiger partial charge in [-0.3, -0.25) is 0 Å². The molecule has 0 atom stereocenters. The Morgan fingerprint density at radius 2 is 1.51 bits per heavy atom. The lowest BCUT2D eigenvalue weighted by molar-refractivity contribution is 0.00578. The zero-order valence-corrected chi connectivity index (χ0v) is 25.1. The molecule has 0 saturated carbocycles. The van der Waals surface area contributed by atoms with Crippen molar-refractivity contribution in [3.63, 3.8) is 0 Å². The number of fused-ring (bicyclic) bond motifs is 3. The third kappa shape index (κ3) is 5.79. The van der Waals surface area contributed by atoms with Gasteiger partial charge in [0, 0.05) is 12.5 Å². The van der Waals surface area contributed by atoms with E-state index < -0.39 is 24.4 Å². The first-order valence-electron chi connectivity index (χ1n) is 14.3. The number of ether oxygens (including phenoxy) is 1. The quantitative estimate of drug-likeness (QED) is 0.315. The highest BCUT2D eigenvalue weighted by Crippen LogP contribution is 2.44. The van der Waals surface area contributed by atoms with Gasteiger partial charge >= 0.3 is 13.2 Å². The van der Waals surface area contributed by atoms with Gasteiger partial charge in [0.1, 0.15) is 12.4 Å². The lowest BCUT2D eigenvalue weighted by Crippen LogP contribution is -2.41. The van der Waals surface area contributed by atoms with E-state index in [9.17, 15) is 9.90 Å². The van der Waals surface area contributed by atoms with E-state index in [1.165, 1.54) is 22.3 Å². The Kier molecular flexibility index (Phi) is 7.56. The summed E-state index contributed by atoms with van der Waals surface area (Å²) in [5.41, 5.74) is 5.87. The lowest BCUT2D eigenvalue weighted by atomic mass is 9.76. The molecule has 5 rings (SSSR count). The van der Waals surface area contributed by atoms with Crippen LogP contribution in [0.15, 0.2) is 72.2 Å². The molecule has 2 aliphatic rings. The minimum Gasteiger partial charge on any atom is -0.508 e. The first-order valence-corrected chi connectivity index (χ1v) is 14.3. The van der Waals surface area contributed by atoms with Crippen LogP contribution in [0.2, 0.25) is 0 Å². The van der Waals surface area contributed by atoms with Crippen LogP contribution >= 0.6 is 0 Å². The molecule has 1 heterocycles. The fourth-order valence-electron chi connectivity index (χ4n) is 5.48. The van der Waals surface area contributed by atoms with Gasteiger partial charge in [0.25, 0.3) is 0 Å². The summed E-state index contributed by atoms with van der Waals surface area (Å²) in [6.07, 6.45) is 1.45. The van der Waals surface area contributed by atoms with Gasteiger partial charge < -0.3 is 24.5 Å². The zero-order valence-electron chi connectivity index (χ0n) is 25.1. The Morgan fingerprint density at radius 1 is 0.951 bits per heavy atom. The monoisotopic (exact) mass is 553 g/mol. The van der Waals surface area contributed by atoms with Crippen LogP contribution in [0.1, 0.15) is 76.6 Å². The van der Waals surface area contributed by atoms with Crippen LogP contribution in [0.3, 0.4) is 0 Å². The van der Waals surface area contributed by atoms with E-state index in [1.54, 1.807) is 6.07 Å². The number of phenolic OH excluding ortho intramolecular Hbond substituents is 1. The van der Waals surface area contributed by atoms with Crippen LogP contribution in [-0.2, 0) is 19.5 Å². The molecule has 41 heavy (non-hydrogen) atoms. The summed E-state index contributed by atoms with van der Waals surface area (Å²) in [5.74, 6) is 0.239. The average Bonchev–Trinajstić information content (AvgIpc) is 3.34.